The molecule has 2 heteroatoms. The summed E-state index contributed by atoms with van der Waals surface area (Å²) < 4.78 is 0. The number of aryl methyl sites for hydroxylation is 1. The Morgan fingerprint density at radius 1 is 1.15 bits per heavy atom. The zero-order chi connectivity index (χ0) is 9.52. The summed E-state index contributed by atoms with van der Waals surface area (Å²) in [4.78, 5) is 0. The van der Waals surface area contributed by atoms with Crippen molar-refractivity contribution in [3.05, 3.63) is 35.4 Å². The molecule has 0 spiro atoms. The zero-order valence-corrected chi connectivity index (χ0v) is 8.43. The maximum Gasteiger partial charge on any atom is 0.0206 e. The van der Waals surface area contributed by atoms with Gasteiger partial charge in [-0.05, 0) is 19.5 Å². The van der Waals surface area contributed by atoms with E-state index in [4.69, 9.17) is 0 Å². The summed E-state index contributed by atoms with van der Waals surface area (Å²) in [7, 11) is 1.97. The minimum absolute atomic E-state index is 0. The van der Waals surface area contributed by atoms with E-state index in [1.807, 2.05) is 7.05 Å². The van der Waals surface area contributed by atoms with E-state index < -0.39 is 0 Å². The van der Waals surface area contributed by atoms with Crippen LogP contribution in [0.1, 0.15) is 14.0 Å². The molecule has 1 aromatic rings. The van der Waals surface area contributed by atoms with Gasteiger partial charge in [-0.15, -0.1) is 0 Å². The first-order valence-electron chi connectivity index (χ1n) is 4.74. The van der Waals surface area contributed by atoms with Crippen molar-refractivity contribution in [1.29, 1.82) is 0 Å². The molecule has 0 aliphatic rings. The lowest BCUT2D eigenvalue weighted by Gasteiger charge is -2.04. The Morgan fingerprint density at radius 2 is 1.85 bits per heavy atom. The van der Waals surface area contributed by atoms with E-state index >= 15 is 0 Å². The number of rotatable bonds is 5. The maximum atomic E-state index is 3.36. The molecule has 2 N–H and O–H groups in total. The van der Waals surface area contributed by atoms with Crippen molar-refractivity contribution in [2.75, 3.05) is 20.1 Å². The van der Waals surface area contributed by atoms with Crippen LogP contribution in [0.4, 0.5) is 0 Å². The van der Waals surface area contributed by atoms with Gasteiger partial charge in [-0.1, -0.05) is 29.8 Å². The quantitative estimate of drug-likeness (QED) is 0.678. The second-order valence-corrected chi connectivity index (χ2v) is 3.27. The fourth-order valence-electron chi connectivity index (χ4n) is 1.15. The van der Waals surface area contributed by atoms with E-state index in [0.29, 0.717) is 0 Å². The van der Waals surface area contributed by atoms with Crippen LogP contribution >= 0.6 is 0 Å². The van der Waals surface area contributed by atoms with Crippen molar-refractivity contribution < 1.29 is 2.85 Å². The lowest BCUT2D eigenvalue weighted by Crippen LogP contribution is -2.24. The molecular formula is C11H22N2. The van der Waals surface area contributed by atoms with E-state index in [2.05, 4.69) is 41.8 Å². The third kappa shape index (κ3) is 4.06. The molecule has 0 aliphatic heterocycles. The second kappa shape index (κ2) is 5.73. The predicted molar refractivity (Wildman–Crippen MR) is 61.0 cm³/mol. The van der Waals surface area contributed by atoms with Gasteiger partial charge in [-0.25, -0.2) is 0 Å². The van der Waals surface area contributed by atoms with Gasteiger partial charge in [0.05, 0.1) is 0 Å². The van der Waals surface area contributed by atoms with Gasteiger partial charge in [0.15, 0.2) is 0 Å². The van der Waals surface area contributed by atoms with E-state index in [1.54, 1.807) is 0 Å². The first-order chi connectivity index (χ1) is 6.33. The first-order valence-corrected chi connectivity index (χ1v) is 4.74. The molecule has 2 nitrogen and oxygen atoms in total. The molecule has 0 heterocycles. The van der Waals surface area contributed by atoms with Crippen molar-refractivity contribution in [3.63, 3.8) is 0 Å². The number of nitrogens with one attached hydrogen (secondary N) is 2. The average Bonchev–Trinajstić information content (AvgIpc) is 2.15. The van der Waals surface area contributed by atoms with E-state index in [0.717, 1.165) is 19.6 Å². The molecule has 13 heavy (non-hydrogen) atoms. The fourth-order valence-corrected chi connectivity index (χ4v) is 1.15. The van der Waals surface area contributed by atoms with Gasteiger partial charge in [-0.2, -0.15) is 0 Å². The lowest BCUT2D eigenvalue weighted by atomic mass is 10.1. The fraction of sp³-hybridized carbons (Fsp3) is 0.455. The van der Waals surface area contributed by atoms with Crippen LogP contribution in [0.5, 0.6) is 0 Å². The summed E-state index contributed by atoms with van der Waals surface area (Å²) in [5.41, 5.74) is 2.67. The van der Waals surface area contributed by atoms with Gasteiger partial charge in [0.25, 0.3) is 0 Å². The molecule has 0 aromatic heterocycles. The smallest absolute Gasteiger partial charge is 0.0206 e. The highest BCUT2D eigenvalue weighted by Crippen LogP contribution is 2.01. The number of hydrogen-bond acceptors (Lipinski definition) is 2. The highest BCUT2D eigenvalue weighted by molar-refractivity contribution is 5.20. The molecule has 0 radical (unpaired) electrons. The number of likely N-dealkylation sites (N-methyl/N-ethyl adjacent to an activating group) is 1. The Hall–Kier alpha value is -0.860. The largest absolute Gasteiger partial charge is 0.318 e. The molecule has 0 amide bonds. The predicted octanol–water partition coefficient (Wildman–Crippen LogP) is 1.80. The molecule has 0 aliphatic carbocycles. The Morgan fingerprint density at radius 3 is 2.46 bits per heavy atom. The second-order valence-electron chi connectivity index (χ2n) is 3.27. The molecule has 1 rings (SSSR count). The molecule has 0 unspecified atom stereocenters. The van der Waals surface area contributed by atoms with Crippen LogP contribution in [-0.2, 0) is 6.54 Å². The molecule has 1 aromatic carbocycles. The number of hydrogen-bond donors (Lipinski definition) is 2. The van der Waals surface area contributed by atoms with Gasteiger partial charge in [0.2, 0.25) is 0 Å². The Balaban J connectivity index is 0. The first kappa shape index (κ1) is 10.2. The van der Waals surface area contributed by atoms with Crippen LogP contribution in [-0.4, -0.2) is 20.1 Å². The van der Waals surface area contributed by atoms with Crippen molar-refractivity contribution in [1.82, 2.24) is 10.6 Å². The summed E-state index contributed by atoms with van der Waals surface area (Å²) in [6, 6.07) is 8.63. The van der Waals surface area contributed by atoms with Gasteiger partial charge >= 0.3 is 0 Å². The number of benzene rings is 1. The van der Waals surface area contributed by atoms with Gasteiger partial charge in [-0.3, -0.25) is 0 Å². The lowest BCUT2D eigenvalue weighted by molar-refractivity contribution is 0.650. The third-order valence-corrected chi connectivity index (χ3v) is 2.00. The maximum absolute atomic E-state index is 3.36. The SMILES string of the molecule is CNCCNCc1ccc(C)cc1.[HH].[HH]. The van der Waals surface area contributed by atoms with Crippen LogP contribution in [0.25, 0.3) is 0 Å². The molecule has 76 valence electrons. The topological polar surface area (TPSA) is 24.1 Å². The van der Waals surface area contributed by atoms with Gasteiger partial charge in [0, 0.05) is 22.5 Å². The van der Waals surface area contributed by atoms with Crippen molar-refractivity contribution >= 4 is 0 Å². The minimum atomic E-state index is 0. The van der Waals surface area contributed by atoms with Crippen LogP contribution in [0.15, 0.2) is 24.3 Å². The summed E-state index contributed by atoms with van der Waals surface area (Å²) in [5.74, 6) is 0. The molecule has 0 fully saturated rings. The van der Waals surface area contributed by atoms with Crippen molar-refractivity contribution in [3.8, 4) is 0 Å². The van der Waals surface area contributed by atoms with Crippen molar-refractivity contribution in [2.24, 2.45) is 0 Å². The molecular weight excluding hydrogens is 160 g/mol. The van der Waals surface area contributed by atoms with E-state index in [-0.39, 0.29) is 2.85 Å². The summed E-state index contributed by atoms with van der Waals surface area (Å²) in [6.07, 6.45) is 0. The van der Waals surface area contributed by atoms with Crippen LogP contribution in [0.2, 0.25) is 0 Å². The highest BCUT2D eigenvalue weighted by atomic mass is 14.9. The molecule has 0 bridgehead atoms. The van der Waals surface area contributed by atoms with Crippen LogP contribution in [0.3, 0.4) is 0 Å². The highest BCUT2D eigenvalue weighted by Gasteiger charge is 1.90. The minimum Gasteiger partial charge on any atom is -0.318 e. The van der Waals surface area contributed by atoms with Crippen molar-refractivity contribution in [2.45, 2.75) is 13.5 Å². The molecule has 0 atom stereocenters. The molecule has 0 saturated carbocycles. The monoisotopic (exact) mass is 182 g/mol. The Bertz CT molecular complexity index is 237. The molecule has 0 saturated heterocycles. The van der Waals surface area contributed by atoms with Crippen LogP contribution in [0, 0.1) is 6.92 Å². The van der Waals surface area contributed by atoms with E-state index in [1.165, 1.54) is 11.1 Å². The summed E-state index contributed by atoms with van der Waals surface area (Å²) in [6.45, 7) is 5.11. The normalized spacial score (nSPS) is 10.3. The Labute approximate surface area is 83.3 Å². The Kier molecular flexibility index (Phi) is 4.50. The van der Waals surface area contributed by atoms with Gasteiger partial charge < -0.3 is 10.6 Å². The third-order valence-electron chi connectivity index (χ3n) is 2.00. The summed E-state index contributed by atoms with van der Waals surface area (Å²) >= 11 is 0. The zero-order valence-electron chi connectivity index (χ0n) is 8.43. The standard InChI is InChI=1S/C11H18N2.2H2/c1-10-3-5-11(6-4-10)9-13-8-7-12-2;;/h3-6,12-13H,7-9H2,1-2H3;2*1H. The summed E-state index contributed by atoms with van der Waals surface area (Å²) in [5, 5.41) is 6.46. The van der Waals surface area contributed by atoms with E-state index in [9.17, 15) is 0 Å². The average molecular weight is 182 g/mol. The van der Waals surface area contributed by atoms with Gasteiger partial charge in [0.1, 0.15) is 0 Å². The van der Waals surface area contributed by atoms with Crippen LogP contribution < -0.4 is 10.6 Å².